The molecule has 3 aromatic rings. The number of sulfonamides is 2. The Morgan fingerprint density at radius 2 is 1.61 bits per heavy atom. The first kappa shape index (κ1) is 23.6. The van der Waals surface area contributed by atoms with E-state index < -0.39 is 31.7 Å². The van der Waals surface area contributed by atoms with E-state index in [0.717, 1.165) is 12.1 Å². The lowest BCUT2D eigenvalue weighted by Crippen LogP contribution is -2.37. The third kappa shape index (κ3) is 4.89. The fraction of sp³-hybridized carbons (Fsp3) is 0.211. The lowest BCUT2D eigenvalue weighted by molar-refractivity contribution is 0.0936. The molecular weight excluding hydrogens is 515 g/mol. The Morgan fingerprint density at radius 3 is 2.18 bits per heavy atom. The molecule has 0 unspecified atom stereocenters. The average Bonchev–Trinajstić information content (AvgIpc) is 3.39. The molecule has 5 N–H and O–H groups in total. The number of carbonyl (C=O) groups is 1. The molecule has 14 heteroatoms. The number of amides is 1. The van der Waals surface area contributed by atoms with Gasteiger partial charge in [-0.25, -0.2) is 26.4 Å². The number of nitrogens with two attached hydrogens (primary N) is 1. The fourth-order valence-electron chi connectivity index (χ4n) is 3.23. The molecule has 33 heavy (non-hydrogen) atoms. The highest BCUT2D eigenvalue weighted by atomic mass is 35.5. The van der Waals surface area contributed by atoms with Gasteiger partial charge in [0.2, 0.25) is 10.0 Å². The van der Waals surface area contributed by atoms with Crippen molar-refractivity contribution in [2.24, 2.45) is 5.73 Å². The molecule has 1 amide bonds. The van der Waals surface area contributed by atoms with Gasteiger partial charge in [0.05, 0.1) is 37.6 Å². The molecule has 10 nitrogen and oxygen atoms in total. The topological polar surface area (TPSA) is 160 Å². The van der Waals surface area contributed by atoms with Gasteiger partial charge < -0.3 is 15.5 Å². The number of fused-ring (bicyclic) bond motifs is 1. The number of nitrogens with one attached hydrogen (secondary N) is 3. The van der Waals surface area contributed by atoms with Crippen LogP contribution in [0.5, 0.6) is 0 Å². The largest absolute Gasteiger partial charge is 0.442 e. The Hall–Kier alpha value is -2.51. The molecule has 1 aliphatic rings. The Bertz CT molecular complexity index is 1450. The maximum Gasteiger partial charge on any atom is 0.405 e. The summed E-state index contributed by atoms with van der Waals surface area (Å²) in [5.41, 5.74) is 4.71. The Labute approximate surface area is 199 Å². The summed E-state index contributed by atoms with van der Waals surface area (Å²) in [5, 5.41) is 1.17. The number of halogens is 2. The van der Waals surface area contributed by atoms with Gasteiger partial charge in [-0.1, -0.05) is 23.2 Å². The summed E-state index contributed by atoms with van der Waals surface area (Å²) < 4.78 is 60.5. The van der Waals surface area contributed by atoms with Crippen LogP contribution in [0.3, 0.4) is 0 Å². The van der Waals surface area contributed by atoms with Crippen LogP contribution >= 0.6 is 23.2 Å². The molecule has 0 saturated heterocycles. The van der Waals surface area contributed by atoms with Crippen molar-refractivity contribution in [3.8, 4) is 0 Å². The highest BCUT2D eigenvalue weighted by Crippen LogP contribution is 2.39. The third-order valence-electron chi connectivity index (χ3n) is 5.13. The summed E-state index contributed by atoms with van der Waals surface area (Å²) in [7, 11) is -8.03. The number of hydrogen-bond acceptors (Lipinski definition) is 6. The standard InChI is InChI=1S/C19H18Cl2N4O6S2/c20-13-5-6-15(17-16(13)14(21)9-23-17)25-33(29,30)12-3-1-11(2-4-12)32(27,28)24-10-19(7-8-19)31-18(22)26/h1-6,9,23-25H,7-8,10H2,(H2,22,26). The Kier molecular flexibility index (Phi) is 5.99. The van der Waals surface area contributed by atoms with Crippen molar-refractivity contribution in [1.82, 2.24) is 9.71 Å². The summed E-state index contributed by atoms with van der Waals surface area (Å²) in [4.78, 5) is 13.5. The van der Waals surface area contributed by atoms with E-state index in [-0.39, 0.29) is 22.0 Å². The van der Waals surface area contributed by atoms with Crippen molar-refractivity contribution >= 4 is 65.9 Å². The number of H-pyrrole nitrogens is 1. The number of primary amides is 1. The normalized spacial score (nSPS) is 15.3. The number of hydrogen-bond donors (Lipinski definition) is 4. The van der Waals surface area contributed by atoms with Gasteiger partial charge in [-0.2, -0.15) is 0 Å². The van der Waals surface area contributed by atoms with Crippen LogP contribution in [0.25, 0.3) is 10.9 Å². The van der Waals surface area contributed by atoms with Gasteiger partial charge in [0.1, 0.15) is 5.60 Å². The number of anilines is 1. The van der Waals surface area contributed by atoms with Crippen molar-refractivity contribution in [2.45, 2.75) is 28.2 Å². The van der Waals surface area contributed by atoms with E-state index in [9.17, 15) is 21.6 Å². The molecule has 4 rings (SSSR count). The second-order valence-electron chi connectivity index (χ2n) is 7.49. The smallest absolute Gasteiger partial charge is 0.405 e. The second kappa shape index (κ2) is 8.37. The minimum absolute atomic E-state index is 0.134. The summed E-state index contributed by atoms with van der Waals surface area (Å²) >= 11 is 12.2. The zero-order valence-electron chi connectivity index (χ0n) is 16.8. The van der Waals surface area contributed by atoms with Gasteiger partial charge in [0.25, 0.3) is 10.0 Å². The van der Waals surface area contributed by atoms with E-state index in [0.29, 0.717) is 33.8 Å². The molecule has 1 aliphatic carbocycles. The summed E-state index contributed by atoms with van der Waals surface area (Å²) in [6.45, 7) is -0.134. The van der Waals surface area contributed by atoms with E-state index in [4.69, 9.17) is 33.7 Å². The van der Waals surface area contributed by atoms with Crippen LogP contribution in [0.2, 0.25) is 10.0 Å². The number of carbonyl (C=O) groups excluding carboxylic acids is 1. The van der Waals surface area contributed by atoms with Gasteiger partial charge in [0, 0.05) is 11.6 Å². The highest BCUT2D eigenvalue weighted by molar-refractivity contribution is 7.92. The number of benzene rings is 2. The lowest BCUT2D eigenvalue weighted by Gasteiger charge is -2.16. The van der Waals surface area contributed by atoms with Crippen LogP contribution in [0, 0.1) is 0 Å². The van der Waals surface area contributed by atoms with Crippen molar-refractivity contribution in [1.29, 1.82) is 0 Å². The second-order valence-corrected chi connectivity index (χ2v) is 11.8. The minimum Gasteiger partial charge on any atom is -0.442 e. The molecule has 1 aromatic heterocycles. The number of aromatic amines is 1. The molecule has 1 fully saturated rings. The molecule has 2 aromatic carbocycles. The first-order valence-corrected chi connectivity index (χ1v) is 13.2. The molecule has 0 spiro atoms. The number of ether oxygens (including phenoxy) is 1. The molecule has 0 atom stereocenters. The average molecular weight is 533 g/mol. The van der Waals surface area contributed by atoms with Gasteiger partial charge in [0.15, 0.2) is 0 Å². The number of aromatic nitrogens is 1. The number of rotatable bonds is 8. The molecule has 0 aliphatic heterocycles. The van der Waals surface area contributed by atoms with Crippen LogP contribution in [-0.4, -0.2) is 40.1 Å². The minimum atomic E-state index is -4.05. The SMILES string of the molecule is NC(=O)OC1(CNS(=O)(=O)c2ccc(S(=O)(=O)Nc3ccc(Cl)c4c(Cl)c[nH]c34)cc2)CC1. The molecule has 1 saturated carbocycles. The molecular formula is C19H18Cl2N4O6S2. The molecule has 0 bridgehead atoms. The van der Waals surface area contributed by atoms with E-state index >= 15 is 0 Å². The first-order valence-electron chi connectivity index (χ1n) is 9.49. The van der Waals surface area contributed by atoms with Crippen LogP contribution in [0.15, 0.2) is 52.4 Å². The van der Waals surface area contributed by atoms with Gasteiger partial charge in [-0.3, -0.25) is 4.72 Å². The van der Waals surface area contributed by atoms with Crippen molar-refractivity contribution in [3.63, 3.8) is 0 Å². The molecule has 176 valence electrons. The van der Waals surface area contributed by atoms with Crippen molar-refractivity contribution in [2.75, 3.05) is 11.3 Å². The van der Waals surface area contributed by atoms with E-state index in [2.05, 4.69) is 14.4 Å². The first-order chi connectivity index (χ1) is 15.4. The molecule has 1 heterocycles. The predicted octanol–water partition coefficient (Wildman–Crippen LogP) is 3.18. The van der Waals surface area contributed by atoms with E-state index in [1.165, 1.54) is 30.5 Å². The van der Waals surface area contributed by atoms with Crippen LogP contribution in [0.4, 0.5) is 10.5 Å². The predicted molar refractivity (Wildman–Crippen MR) is 123 cm³/mol. The quantitative estimate of drug-likeness (QED) is 0.348. The van der Waals surface area contributed by atoms with Crippen molar-refractivity contribution in [3.05, 3.63) is 52.6 Å². The lowest BCUT2D eigenvalue weighted by atomic mass is 10.2. The highest BCUT2D eigenvalue weighted by Gasteiger charge is 2.47. The van der Waals surface area contributed by atoms with E-state index in [1.54, 1.807) is 0 Å². The maximum atomic E-state index is 12.8. The van der Waals surface area contributed by atoms with Gasteiger partial charge in [-0.05, 0) is 49.2 Å². The molecule has 0 radical (unpaired) electrons. The van der Waals surface area contributed by atoms with Gasteiger partial charge >= 0.3 is 6.09 Å². The van der Waals surface area contributed by atoms with Gasteiger partial charge in [-0.15, -0.1) is 0 Å². The van der Waals surface area contributed by atoms with E-state index in [1.807, 2.05) is 0 Å². The monoisotopic (exact) mass is 532 g/mol. The van der Waals surface area contributed by atoms with Crippen molar-refractivity contribution < 1.29 is 26.4 Å². The fourth-order valence-corrected chi connectivity index (χ4v) is 5.98. The Balaban J connectivity index is 1.52. The van der Waals surface area contributed by atoms with Crippen LogP contribution < -0.4 is 15.2 Å². The zero-order valence-corrected chi connectivity index (χ0v) is 19.9. The Morgan fingerprint density at radius 1 is 1.00 bits per heavy atom. The zero-order chi connectivity index (χ0) is 24.0. The summed E-state index contributed by atoms with van der Waals surface area (Å²) in [6.07, 6.45) is 1.49. The third-order valence-corrected chi connectivity index (χ3v) is 8.55. The summed E-state index contributed by atoms with van der Waals surface area (Å²) in [5.74, 6) is 0. The van der Waals surface area contributed by atoms with Crippen LogP contribution in [0.1, 0.15) is 12.8 Å². The summed E-state index contributed by atoms with van der Waals surface area (Å²) in [6, 6.07) is 7.65. The van der Waals surface area contributed by atoms with Crippen LogP contribution in [-0.2, 0) is 24.8 Å². The maximum absolute atomic E-state index is 12.8.